The van der Waals surface area contributed by atoms with E-state index in [-0.39, 0.29) is 0 Å². The maximum Gasteiger partial charge on any atom is 0.0110 e. The van der Waals surface area contributed by atoms with Crippen LogP contribution in [0.15, 0.2) is 0 Å². The molecule has 0 atom stereocenters. The molecular formula is C15H31N2. The van der Waals surface area contributed by atoms with Crippen molar-refractivity contribution in [2.24, 2.45) is 0 Å². The predicted molar refractivity (Wildman–Crippen MR) is 76.2 cm³/mol. The lowest BCUT2D eigenvalue weighted by Gasteiger charge is -2.32. The van der Waals surface area contributed by atoms with Crippen LogP contribution >= 0.6 is 0 Å². The molecular weight excluding hydrogens is 208 g/mol. The third kappa shape index (κ3) is 7.77. The Morgan fingerprint density at radius 3 is 1.88 bits per heavy atom. The zero-order chi connectivity index (χ0) is 12.3. The van der Waals surface area contributed by atoms with Gasteiger partial charge in [-0.3, -0.25) is 0 Å². The monoisotopic (exact) mass is 239 g/mol. The van der Waals surface area contributed by atoms with E-state index < -0.39 is 0 Å². The van der Waals surface area contributed by atoms with E-state index in [2.05, 4.69) is 23.8 Å². The number of nitrogens with zero attached hydrogens (tertiary/aromatic N) is 2. The lowest BCUT2D eigenvalue weighted by Crippen LogP contribution is -2.44. The maximum absolute atomic E-state index is 3.88. The highest BCUT2D eigenvalue weighted by atomic mass is 15.2. The molecule has 0 unspecified atom stereocenters. The smallest absolute Gasteiger partial charge is 0.0110 e. The van der Waals surface area contributed by atoms with Crippen molar-refractivity contribution in [1.82, 2.24) is 9.80 Å². The molecule has 0 aromatic rings. The molecule has 0 saturated carbocycles. The second-order valence-electron chi connectivity index (χ2n) is 5.47. The molecule has 0 amide bonds. The van der Waals surface area contributed by atoms with Gasteiger partial charge in [-0.05, 0) is 20.0 Å². The molecule has 1 saturated heterocycles. The predicted octanol–water partition coefficient (Wildman–Crippen LogP) is 3.19. The minimum atomic E-state index is 1.11. The molecule has 0 spiro atoms. The molecule has 101 valence electrons. The standard InChI is InChI=1S/C15H31N2/c1-3-4-5-6-7-8-9-10-11-17-14-12-16(2)13-15-17/h1,3-15H2,2H3. The quantitative estimate of drug-likeness (QED) is 0.570. The van der Waals surface area contributed by atoms with Crippen LogP contribution in [0.25, 0.3) is 0 Å². The van der Waals surface area contributed by atoms with Crippen molar-refractivity contribution >= 4 is 0 Å². The largest absolute Gasteiger partial charge is 0.304 e. The molecule has 1 aliphatic rings. The van der Waals surface area contributed by atoms with Gasteiger partial charge < -0.3 is 9.80 Å². The Morgan fingerprint density at radius 2 is 1.29 bits per heavy atom. The van der Waals surface area contributed by atoms with Gasteiger partial charge in [0.15, 0.2) is 0 Å². The highest BCUT2D eigenvalue weighted by Crippen LogP contribution is 2.09. The lowest BCUT2D eigenvalue weighted by atomic mass is 10.1. The molecule has 0 bridgehead atoms. The molecule has 2 heteroatoms. The first-order valence-corrected chi connectivity index (χ1v) is 7.53. The minimum Gasteiger partial charge on any atom is -0.304 e. The van der Waals surface area contributed by atoms with Gasteiger partial charge in [-0.2, -0.15) is 0 Å². The van der Waals surface area contributed by atoms with Crippen LogP contribution in [0.3, 0.4) is 0 Å². The summed E-state index contributed by atoms with van der Waals surface area (Å²) >= 11 is 0. The second-order valence-corrected chi connectivity index (χ2v) is 5.47. The second kappa shape index (κ2) is 9.90. The highest BCUT2D eigenvalue weighted by molar-refractivity contribution is 4.68. The molecule has 0 aromatic heterocycles. The minimum absolute atomic E-state index is 1.11. The fraction of sp³-hybridized carbons (Fsp3) is 0.933. The van der Waals surface area contributed by atoms with Crippen LogP contribution in [-0.4, -0.2) is 49.6 Å². The van der Waals surface area contributed by atoms with Crippen LogP contribution in [0.1, 0.15) is 51.4 Å². The zero-order valence-corrected chi connectivity index (χ0v) is 11.8. The molecule has 2 nitrogen and oxygen atoms in total. The molecule has 1 rings (SSSR count). The maximum atomic E-state index is 3.88. The summed E-state index contributed by atoms with van der Waals surface area (Å²) in [4.78, 5) is 5.06. The van der Waals surface area contributed by atoms with E-state index in [4.69, 9.17) is 0 Å². The SMILES string of the molecule is [CH2]CCCCCCCCCN1CCN(C)CC1. The van der Waals surface area contributed by atoms with Crippen molar-refractivity contribution in [3.8, 4) is 0 Å². The fourth-order valence-corrected chi connectivity index (χ4v) is 2.47. The van der Waals surface area contributed by atoms with Crippen molar-refractivity contribution in [1.29, 1.82) is 0 Å². The summed E-state index contributed by atoms with van der Waals surface area (Å²) in [5.74, 6) is 0. The van der Waals surface area contributed by atoms with E-state index in [1.54, 1.807) is 0 Å². The zero-order valence-electron chi connectivity index (χ0n) is 11.8. The fourth-order valence-electron chi connectivity index (χ4n) is 2.47. The van der Waals surface area contributed by atoms with Gasteiger partial charge in [0.1, 0.15) is 0 Å². The molecule has 1 aliphatic heterocycles. The van der Waals surface area contributed by atoms with Gasteiger partial charge in [0.05, 0.1) is 0 Å². The summed E-state index contributed by atoms with van der Waals surface area (Å²) in [5.41, 5.74) is 0. The Bertz CT molecular complexity index is 162. The van der Waals surface area contributed by atoms with Crippen molar-refractivity contribution in [2.75, 3.05) is 39.8 Å². The summed E-state index contributed by atoms with van der Waals surface area (Å²) < 4.78 is 0. The topological polar surface area (TPSA) is 6.48 Å². The molecule has 1 heterocycles. The highest BCUT2D eigenvalue weighted by Gasteiger charge is 2.12. The van der Waals surface area contributed by atoms with Crippen LogP contribution in [0.2, 0.25) is 0 Å². The first kappa shape index (κ1) is 15.0. The van der Waals surface area contributed by atoms with Gasteiger partial charge in [0.25, 0.3) is 0 Å². The van der Waals surface area contributed by atoms with E-state index >= 15 is 0 Å². The van der Waals surface area contributed by atoms with Gasteiger partial charge in [-0.15, -0.1) is 0 Å². The number of piperazine rings is 1. The number of hydrogen-bond acceptors (Lipinski definition) is 2. The average Bonchev–Trinajstić information content (AvgIpc) is 2.35. The van der Waals surface area contributed by atoms with Crippen LogP contribution < -0.4 is 0 Å². The summed E-state index contributed by atoms with van der Waals surface area (Å²) in [7, 11) is 2.23. The summed E-state index contributed by atoms with van der Waals surface area (Å²) in [5, 5.41) is 0. The normalized spacial score (nSPS) is 18.7. The van der Waals surface area contributed by atoms with E-state index in [1.165, 1.54) is 77.7 Å². The van der Waals surface area contributed by atoms with Gasteiger partial charge in [0.2, 0.25) is 0 Å². The Hall–Kier alpha value is -0.0800. The van der Waals surface area contributed by atoms with Crippen LogP contribution in [0, 0.1) is 6.92 Å². The Labute approximate surface area is 108 Å². The van der Waals surface area contributed by atoms with Crippen LogP contribution in [0.4, 0.5) is 0 Å². The molecule has 0 aliphatic carbocycles. The Kier molecular flexibility index (Phi) is 8.72. The average molecular weight is 239 g/mol. The molecule has 1 radical (unpaired) electrons. The van der Waals surface area contributed by atoms with E-state index in [1.807, 2.05) is 0 Å². The van der Waals surface area contributed by atoms with Gasteiger partial charge in [-0.25, -0.2) is 0 Å². The molecule has 0 N–H and O–H groups in total. The van der Waals surface area contributed by atoms with Crippen LogP contribution in [-0.2, 0) is 0 Å². The lowest BCUT2D eigenvalue weighted by molar-refractivity contribution is 0.152. The van der Waals surface area contributed by atoms with Crippen molar-refractivity contribution < 1.29 is 0 Å². The van der Waals surface area contributed by atoms with Crippen molar-refractivity contribution in [3.05, 3.63) is 6.92 Å². The first-order valence-electron chi connectivity index (χ1n) is 7.53. The van der Waals surface area contributed by atoms with Crippen LogP contribution in [0.5, 0.6) is 0 Å². The van der Waals surface area contributed by atoms with E-state index in [9.17, 15) is 0 Å². The number of rotatable bonds is 9. The number of unbranched alkanes of at least 4 members (excludes halogenated alkanes) is 7. The van der Waals surface area contributed by atoms with Crippen molar-refractivity contribution in [2.45, 2.75) is 51.4 Å². The van der Waals surface area contributed by atoms with Gasteiger partial charge in [-0.1, -0.05) is 51.9 Å². The number of likely N-dealkylation sites (N-methyl/N-ethyl adjacent to an activating group) is 1. The first-order chi connectivity index (χ1) is 8.33. The third-order valence-electron chi connectivity index (χ3n) is 3.82. The Balaban J connectivity index is 1.81. The summed E-state index contributed by atoms with van der Waals surface area (Å²) in [6.07, 6.45) is 10.9. The molecule has 0 aromatic carbocycles. The molecule has 17 heavy (non-hydrogen) atoms. The molecule has 1 fully saturated rings. The van der Waals surface area contributed by atoms with Gasteiger partial charge >= 0.3 is 0 Å². The Morgan fingerprint density at radius 1 is 0.765 bits per heavy atom. The van der Waals surface area contributed by atoms with Crippen molar-refractivity contribution in [3.63, 3.8) is 0 Å². The number of hydrogen-bond donors (Lipinski definition) is 0. The van der Waals surface area contributed by atoms with Gasteiger partial charge in [0, 0.05) is 26.2 Å². The van der Waals surface area contributed by atoms with E-state index in [0.717, 1.165) is 6.42 Å². The summed E-state index contributed by atoms with van der Waals surface area (Å²) in [6, 6.07) is 0. The summed E-state index contributed by atoms with van der Waals surface area (Å²) in [6.45, 7) is 10.3. The van der Waals surface area contributed by atoms with E-state index in [0.29, 0.717) is 0 Å². The third-order valence-corrected chi connectivity index (χ3v) is 3.82.